The molecule has 0 unspecified atom stereocenters. The maximum absolute atomic E-state index is 10.3. The minimum Gasteiger partial charge on any atom is -0.464 e. The van der Waals surface area contributed by atoms with Gasteiger partial charge in [-0.05, 0) is 19.4 Å². The van der Waals surface area contributed by atoms with Gasteiger partial charge in [-0.3, -0.25) is 5.43 Å². The SMILES string of the molecule is CC(C)(NNC(=O)O)c1ccccc1. The molecule has 0 saturated heterocycles. The molecule has 1 aromatic rings. The molecule has 0 spiro atoms. The Morgan fingerprint density at radius 2 is 1.86 bits per heavy atom. The van der Waals surface area contributed by atoms with Crippen LogP contribution in [0, 0.1) is 0 Å². The van der Waals surface area contributed by atoms with Crippen LogP contribution in [-0.2, 0) is 5.54 Å². The molecule has 76 valence electrons. The standard InChI is InChI=1S/C10H14N2O2/c1-10(2,12-11-9(13)14)8-6-4-3-5-7-8/h3-7,11-12H,1-2H3,(H,13,14). The zero-order valence-corrected chi connectivity index (χ0v) is 8.24. The molecule has 0 aliphatic rings. The average molecular weight is 194 g/mol. The van der Waals surface area contributed by atoms with Crippen molar-refractivity contribution < 1.29 is 9.90 Å². The first-order valence-electron chi connectivity index (χ1n) is 4.34. The molecule has 1 amide bonds. The van der Waals surface area contributed by atoms with Crippen LogP contribution in [0.25, 0.3) is 0 Å². The summed E-state index contributed by atoms with van der Waals surface area (Å²) in [7, 11) is 0. The summed E-state index contributed by atoms with van der Waals surface area (Å²) in [4.78, 5) is 10.3. The summed E-state index contributed by atoms with van der Waals surface area (Å²) in [5.41, 5.74) is 5.48. The Balaban J connectivity index is 2.70. The van der Waals surface area contributed by atoms with E-state index in [1.54, 1.807) is 0 Å². The number of rotatable bonds is 3. The Bertz CT molecular complexity index is 309. The molecule has 0 saturated carbocycles. The van der Waals surface area contributed by atoms with E-state index in [0.29, 0.717) is 0 Å². The lowest BCUT2D eigenvalue weighted by Gasteiger charge is -2.26. The number of amides is 1. The Morgan fingerprint density at radius 1 is 1.29 bits per heavy atom. The van der Waals surface area contributed by atoms with Gasteiger partial charge in [0.1, 0.15) is 0 Å². The van der Waals surface area contributed by atoms with Crippen molar-refractivity contribution in [3.8, 4) is 0 Å². The topological polar surface area (TPSA) is 61.4 Å². The third-order valence-electron chi connectivity index (χ3n) is 1.98. The highest BCUT2D eigenvalue weighted by atomic mass is 16.4. The van der Waals surface area contributed by atoms with Gasteiger partial charge in [-0.2, -0.15) is 0 Å². The van der Waals surface area contributed by atoms with Crippen molar-refractivity contribution in [2.75, 3.05) is 0 Å². The van der Waals surface area contributed by atoms with Gasteiger partial charge in [-0.25, -0.2) is 10.2 Å². The summed E-state index contributed by atoms with van der Waals surface area (Å²) in [6.45, 7) is 3.80. The van der Waals surface area contributed by atoms with E-state index >= 15 is 0 Å². The van der Waals surface area contributed by atoms with Gasteiger partial charge in [0.05, 0.1) is 5.54 Å². The third kappa shape index (κ3) is 2.74. The fraction of sp³-hybridized carbons (Fsp3) is 0.300. The summed E-state index contributed by atoms with van der Waals surface area (Å²) >= 11 is 0. The summed E-state index contributed by atoms with van der Waals surface area (Å²) in [5, 5.41) is 8.45. The summed E-state index contributed by atoms with van der Waals surface area (Å²) in [5.74, 6) is 0. The highest BCUT2D eigenvalue weighted by Crippen LogP contribution is 2.17. The van der Waals surface area contributed by atoms with E-state index in [1.165, 1.54) is 0 Å². The van der Waals surface area contributed by atoms with Crippen LogP contribution in [0.1, 0.15) is 19.4 Å². The smallest absolute Gasteiger partial charge is 0.419 e. The van der Waals surface area contributed by atoms with Crippen molar-refractivity contribution in [3.05, 3.63) is 35.9 Å². The number of carboxylic acid groups (broad SMARTS) is 1. The molecule has 14 heavy (non-hydrogen) atoms. The van der Waals surface area contributed by atoms with Crippen molar-refractivity contribution in [1.29, 1.82) is 0 Å². The molecular formula is C10H14N2O2. The predicted octanol–water partition coefficient (Wildman–Crippen LogP) is 1.69. The van der Waals surface area contributed by atoms with Gasteiger partial charge in [-0.1, -0.05) is 30.3 Å². The molecule has 4 nitrogen and oxygen atoms in total. The van der Waals surface area contributed by atoms with Crippen molar-refractivity contribution in [1.82, 2.24) is 10.9 Å². The summed E-state index contributed by atoms with van der Waals surface area (Å²) in [6, 6.07) is 9.64. The van der Waals surface area contributed by atoms with Gasteiger partial charge in [0, 0.05) is 0 Å². The molecule has 0 bridgehead atoms. The van der Waals surface area contributed by atoms with Crippen LogP contribution in [0.15, 0.2) is 30.3 Å². The molecule has 0 heterocycles. The van der Waals surface area contributed by atoms with Gasteiger partial charge in [-0.15, -0.1) is 0 Å². The van der Waals surface area contributed by atoms with Crippen LogP contribution in [0.3, 0.4) is 0 Å². The van der Waals surface area contributed by atoms with Gasteiger partial charge in [0.2, 0.25) is 0 Å². The second-order valence-electron chi connectivity index (χ2n) is 3.55. The van der Waals surface area contributed by atoms with Crippen LogP contribution < -0.4 is 10.9 Å². The van der Waals surface area contributed by atoms with Gasteiger partial charge in [0.15, 0.2) is 0 Å². The lowest BCUT2D eigenvalue weighted by molar-refractivity contribution is 0.180. The largest absolute Gasteiger partial charge is 0.464 e. The van der Waals surface area contributed by atoms with Gasteiger partial charge in [0.25, 0.3) is 0 Å². The minimum atomic E-state index is -1.09. The van der Waals surface area contributed by atoms with Crippen LogP contribution in [-0.4, -0.2) is 11.2 Å². The second kappa shape index (κ2) is 4.11. The number of benzene rings is 1. The first-order chi connectivity index (χ1) is 6.52. The average Bonchev–Trinajstić information content (AvgIpc) is 2.16. The van der Waals surface area contributed by atoms with E-state index in [0.717, 1.165) is 5.56 Å². The van der Waals surface area contributed by atoms with Crippen LogP contribution in [0.5, 0.6) is 0 Å². The molecule has 0 aromatic heterocycles. The highest BCUT2D eigenvalue weighted by Gasteiger charge is 2.19. The van der Waals surface area contributed by atoms with E-state index in [1.807, 2.05) is 44.2 Å². The molecule has 3 N–H and O–H groups in total. The molecule has 0 fully saturated rings. The van der Waals surface area contributed by atoms with E-state index in [2.05, 4.69) is 10.9 Å². The molecule has 4 heteroatoms. The lowest BCUT2D eigenvalue weighted by Crippen LogP contribution is -2.48. The van der Waals surface area contributed by atoms with E-state index in [4.69, 9.17) is 5.11 Å². The number of carbonyl (C=O) groups is 1. The minimum absolute atomic E-state index is 0.417. The lowest BCUT2D eigenvalue weighted by atomic mass is 9.95. The Kier molecular flexibility index (Phi) is 3.09. The summed E-state index contributed by atoms with van der Waals surface area (Å²) < 4.78 is 0. The normalized spacial score (nSPS) is 11.0. The zero-order chi connectivity index (χ0) is 10.6. The molecule has 0 aliphatic heterocycles. The number of hydrogen-bond donors (Lipinski definition) is 3. The Morgan fingerprint density at radius 3 is 2.36 bits per heavy atom. The molecule has 0 atom stereocenters. The summed E-state index contributed by atoms with van der Waals surface area (Å²) in [6.07, 6.45) is -1.09. The maximum atomic E-state index is 10.3. The van der Waals surface area contributed by atoms with Crippen LogP contribution in [0.2, 0.25) is 0 Å². The van der Waals surface area contributed by atoms with Gasteiger partial charge >= 0.3 is 6.09 Å². The monoisotopic (exact) mass is 194 g/mol. The molecule has 1 aromatic carbocycles. The van der Waals surface area contributed by atoms with E-state index in [9.17, 15) is 4.79 Å². The predicted molar refractivity (Wildman–Crippen MR) is 53.8 cm³/mol. The Hall–Kier alpha value is -1.55. The van der Waals surface area contributed by atoms with Crippen LogP contribution in [0.4, 0.5) is 4.79 Å². The molecule has 1 rings (SSSR count). The number of hydrogen-bond acceptors (Lipinski definition) is 2. The van der Waals surface area contributed by atoms with Crippen molar-refractivity contribution in [3.63, 3.8) is 0 Å². The molecular weight excluding hydrogens is 180 g/mol. The van der Waals surface area contributed by atoms with Crippen molar-refractivity contribution in [2.45, 2.75) is 19.4 Å². The van der Waals surface area contributed by atoms with Crippen molar-refractivity contribution >= 4 is 6.09 Å². The highest BCUT2D eigenvalue weighted by molar-refractivity contribution is 5.63. The number of nitrogens with one attached hydrogen (secondary N) is 2. The fourth-order valence-corrected chi connectivity index (χ4v) is 1.14. The van der Waals surface area contributed by atoms with Crippen molar-refractivity contribution in [2.24, 2.45) is 0 Å². The fourth-order valence-electron chi connectivity index (χ4n) is 1.14. The second-order valence-corrected chi connectivity index (χ2v) is 3.55. The first kappa shape index (κ1) is 10.5. The maximum Gasteiger partial charge on any atom is 0.419 e. The van der Waals surface area contributed by atoms with Gasteiger partial charge < -0.3 is 5.11 Å². The van der Waals surface area contributed by atoms with Crippen LogP contribution >= 0.6 is 0 Å². The van der Waals surface area contributed by atoms with E-state index in [-0.39, 0.29) is 0 Å². The number of hydrazine groups is 1. The first-order valence-corrected chi connectivity index (χ1v) is 4.34. The molecule has 0 aliphatic carbocycles. The molecule has 0 radical (unpaired) electrons. The zero-order valence-electron chi connectivity index (χ0n) is 8.24. The Labute approximate surface area is 82.9 Å². The quantitative estimate of drug-likeness (QED) is 0.642. The third-order valence-corrected chi connectivity index (χ3v) is 1.98. The van der Waals surface area contributed by atoms with E-state index < -0.39 is 11.6 Å².